The molecule has 1 atom stereocenters. The third kappa shape index (κ3) is 2.41. The van der Waals surface area contributed by atoms with Crippen LogP contribution in [0, 0.1) is 5.92 Å². The first-order chi connectivity index (χ1) is 12.8. The Morgan fingerprint density at radius 1 is 1.08 bits per heavy atom. The average molecular weight is 343 g/mol. The van der Waals surface area contributed by atoms with Crippen molar-refractivity contribution in [2.75, 3.05) is 0 Å². The number of fused-ring (bicyclic) bond motifs is 2. The Balaban J connectivity index is 1.46. The Morgan fingerprint density at radius 3 is 2.92 bits per heavy atom. The number of rotatable bonds is 3. The lowest BCUT2D eigenvalue weighted by Crippen LogP contribution is -2.34. The van der Waals surface area contributed by atoms with Crippen LogP contribution in [-0.2, 0) is 11.2 Å². The maximum atomic E-state index is 12.3. The molecule has 4 aromatic rings. The van der Waals surface area contributed by atoms with Crippen molar-refractivity contribution in [3.63, 3.8) is 0 Å². The molecule has 0 radical (unpaired) electrons. The van der Waals surface area contributed by atoms with Crippen LogP contribution in [0.2, 0.25) is 0 Å². The van der Waals surface area contributed by atoms with Crippen molar-refractivity contribution < 1.29 is 9.21 Å². The van der Waals surface area contributed by atoms with Crippen LogP contribution in [0.1, 0.15) is 5.89 Å². The molecule has 7 nitrogen and oxygen atoms in total. The van der Waals surface area contributed by atoms with Crippen molar-refractivity contribution in [1.82, 2.24) is 19.6 Å². The van der Waals surface area contributed by atoms with E-state index < -0.39 is 5.92 Å². The molecule has 4 heterocycles. The van der Waals surface area contributed by atoms with Crippen molar-refractivity contribution in [2.45, 2.75) is 6.42 Å². The summed E-state index contributed by atoms with van der Waals surface area (Å²) >= 11 is 0. The van der Waals surface area contributed by atoms with Gasteiger partial charge >= 0.3 is 0 Å². The van der Waals surface area contributed by atoms with Gasteiger partial charge in [0.25, 0.3) is 11.8 Å². The lowest BCUT2D eigenvalue weighted by Gasteiger charge is -2.09. The lowest BCUT2D eigenvalue weighted by atomic mass is 10.0. The van der Waals surface area contributed by atoms with Gasteiger partial charge in [0.1, 0.15) is 6.33 Å². The van der Waals surface area contributed by atoms with Gasteiger partial charge in [0.2, 0.25) is 5.89 Å². The van der Waals surface area contributed by atoms with E-state index in [2.05, 4.69) is 20.2 Å². The van der Waals surface area contributed by atoms with E-state index in [9.17, 15) is 4.79 Å². The number of aromatic nitrogens is 4. The van der Waals surface area contributed by atoms with Crippen LogP contribution >= 0.6 is 0 Å². The monoisotopic (exact) mass is 343 g/mol. The molecule has 3 aromatic heterocycles. The molecule has 126 valence electrons. The lowest BCUT2D eigenvalue weighted by molar-refractivity contribution is -0.120. The number of hydrogen-bond acceptors (Lipinski definition) is 5. The van der Waals surface area contributed by atoms with Gasteiger partial charge in [0.05, 0.1) is 16.8 Å². The Kier molecular flexibility index (Phi) is 3.24. The number of carbonyl (C=O) groups excluding carboxylic acids is 1. The summed E-state index contributed by atoms with van der Waals surface area (Å²) in [4.78, 5) is 20.8. The zero-order chi connectivity index (χ0) is 17.5. The maximum Gasteiger partial charge on any atom is 0.268 e. The van der Waals surface area contributed by atoms with Gasteiger partial charge in [-0.3, -0.25) is 4.79 Å². The minimum atomic E-state index is -0.406. The van der Waals surface area contributed by atoms with Crippen LogP contribution in [0.3, 0.4) is 0 Å². The van der Waals surface area contributed by atoms with Gasteiger partial charge < -0.3 is 8.82 Å². The second kappa shape index (κ2) is 5.73. The first kappa shape index (κ1) is 14.7. The smallest absolute Gasteiger partial charge is 0.268 e. The standard InChI is InChI=1S/C19H13N5O2/c25-18-13(9-12-5-1-2-6-14(12)21-18)10-16-22-23-19(26-16)17-15-7-3-4-8-24(15)11-20-17/h1-9,11,13H,10H2. The van der Waals surface area contributed by atoms with Crippen LogP contribution in [0.25, 0.3) is 23.2 Å². The summed E-state index contributed by atoms with van der Waals surface area (Å²) in [6.45, 7) is 0. The molecular formula is C19H13N5O2. The molecule has 0 aliphatic carbocycles. The molecule has 0 N–H and O–H groups in total. The Morgan fingerprint density at radius 2 is 1.96 bits per heavy atom. The largest absolute Gasteiger partial charge is 0.419 e. The minimum absolute atomic E-state index is 0.198. The molecule has 0 saturated heterocycles. The van der Waals surface area contributed by atoms with Crippen molar-refractivity contribution in [3.8, 4) is 11.6 Å². The molecule has 0 saturated carbocycles. The zero-order valence-electron chi connectivity index (χ0n) is 13.6. The van der Waals surface area contributed by atoms with Crippen molar-refractivity contribution in [2.24, 2.45) is 10.9 Å². The van der Waals surface area contributed by atoms with Crippen LogP contribution in [0.15, 0.2) is 64.4 Å². The van der Waals surface area contributed by atoms with Crippen LogP contribution in [0.5, 0.6) is 0 Å². The normalized spacial score (nSPS) is 16.2. The fourth-order valence-electron chi connectivity index (χ4n) is 3.09. The highest BCUT2D eigenvalue weighted by molar-refractivity contribution is 5.86. The second-order valence-corrected chi connectivity index (χ2v) is 6.07. The van der Waals surface area contributed by atoms with Gasteiger partial charge in [-0.15, -0.1) is 10.2 Å². The number of pyridine rings is 1. The molecule has 5 rings (SSSR count). The van der Waals surface area contributed by atoms with E-state index in [0.717, 1.165) is 10.7 Å². The van der Waals surface area contributed by atoms with Gasteiger partial charge in [-0.2, -0.15) is 0 Å². The SMILES string of the molecule is O=C1N=c2ccccc2=CC1Cc1nnc(-c2ncn3ccccc23)o1. The van der Waals surface area contributed by atoms with E-state index in [4.69, 9.17) is 4.42 Å². The highest BCUT2D eigenvalue weighted by atomic mass is 16.4. The topological polar surface area (TPSA) is 85.6 Å². The van der Waals surface area contributed by atoms with Crippen LogP contribution in [-0.4, -0.2) is 25.5 Å². The molecule has 1 aliphatic rings. The maximum absolute atomic E-state index is 12.3. The number of amides is 1. The fraction of sp³-hybridized carbons (Fsp3) is 0.105. The molecule has 1 aliphatic heterocycles. The number of nitrogens with zero attached hydrogens (tertiary/aromatic N) is 5. The average Bonchev–Trinajstić information content (AvgIpc) is 3.29. The molecule has 1 unspecified atom stereocenters. The minimum Gasteiger partial charge on any atom is -0.419 e. The molecule has 26 heavy (non-hydrogen) atoms. The molecule has 1 aromatic carbocycles. The van der Waals surface area contributed by atoms with E-state index in [-0.39, 0.29) is 5.91 Å². The van der Waals surface area contributed by atoms with Crippen molar-refractivity contribution in [3.05, 3.63) is 71.5 Å². The van der Waals surface area contributed by atoms with Gasteiger partial charge in [-0.25, -0.2) is 9.98 Å². The summed E-state index contributed by atoms with van der Waals surface area (Å²) < 4.78 is 7.65. The van der Waals surface area contributed by atoms with Gasteiger partial charge in [0, 0.05) is 12.6 Å². The number of para-hydroxylation sites is 1. The van der Waals surface area contributed by atoms with Gasteiger partial charge in [0.15, 0.2) is 5.69 Å². The van der Waals surface area contributed by atoms with E-state index >= 15 is 0 Å². The number of carbonyl (C=O) groups is 1. The Bertz CT molecular complexity index is 1250. The van der Waals surface area contributed by atoms with Crippen LogP contribution < -0.4 is 10.6 Å². The van der Waals surface area contributed by atoms with Crippen LogP contribution in [0.4, 0.5) is 0 Å². The fourth-order valence-corrected chi connectivity index (χ4v) is 3.09. The molecular weight excluding hydrogens is 330 g/mol. The van der Waals surface area contributed by atoms with Crippen molar-refractivity contribution in [1.29, 1.82) is 0 Å². The quantitative estimate of drug-likeness (QED) is 0.558. The first-order valence-electron chi connectivity index (χ1n) is 8.22. The van der Waals surface area contributed by atoms with Gasteiger partial charge in [-0.05, 0) is 23.4 Å². The summed E-state index contributed by atoms with van der Waals surface area (Å²) in [7, 11) is 0. The molecule has 1 amide bonds. The summed E-state index contributed by atoms with van der Waals surface area (Å²) in [5.74, 6) is 0.128. The van der Waals surface area contributed by atoms with E-state index in [1.807, 2.05) is 59.1 Å². The zero-order valence-corrected chi connectivity index (χ0v) is 13.6. The summed E-state index contributed by atoms with van der Waals surface area (Å²) in [5, 5.41) is 9.82. The summed E-state index contributed by atoms with van der Waals surface area (Å²) in [5.41, 5.74) is 1.50. The molecule has 7 heteroatoms. The predicted molar refractivity (Wildman–Crippen MR) is 92.4 cm³/mol. The first-order valence-corrected chi connectivity index (χ1v) is 8.22. The third-order valence-corrected chi connectivity index (χ3v) is 4.37. The van der Waals surface area contributed by atoms with E-state index in [1.165, 1.54) is 0 Å². The summed E-state index contributed by atoms with van der Waals surface area (Å²) in [6.07, 6.45) is 5.82. The second-order valence-electron chi connectivity index (χ2n) is 6.07. The highest BCUT2D eigenvalue weighted by Gasteiger charge is 2.22. The van der Waals surface area contributed by atoms with Crippen molar-refractivity contribution >= 4 is 17.5 Å². The number of imidazole rings is 1. The van der Waals surface area contributed by atoms with E-state index in [1.54, 1.807) is 6.33 Å². The Labute approximate surface area is 147 Å². The Hall–Kier alpha value is -3.61. The highest BCUT2D eigenvalue weighted by Crippen LogP contribution is 2.23. The summed E-state index contributed by atoms with van der Waals surface area (Å²) in [6, 6.07) is 13.3. The molecule has 0 bridgehead atoms. The van der Waals surface area contributed by atoms with Gasteiger partial charge in [-0.1, -0.05) is 30.3 Å². The third-order valence-electron chi connectivity index (χ3n) is 4.37. The number of benzene rings is 1. The predicted octanol–water partition coefficient (Wildman–Crippen LogP) is 1.18. The van der Waals surface area contributed by atoms with E-state index in [0.29, 0.717) is 29.3 Å². The number of hydrogen-bond donors (Lipinski definition) is 0. The molecule has 0 fully saturated rings. The molecule has 0 spiro atoms.